The largest absolute Gasteiger partial charge is 0.496 e. The predicted octanol–water partition coefficient (Wildman–Crippen LogP) is 3.66. The summed E-state index contributed by atoms with van der Waals surface area (Å²) in [5.74, 6) is 0.249. The van der Waals surface area contributed by atoms with Crippen molar-refractivity contribution in [3.8, 4) is 5.75 Å². The molecule has 0 saturated carbocycles. The van der Waals surface area contributed by atoms with E-state index < -0.39 is 0 Å². The molecule has 0 aromatic heterocycles. The molecule has 1 rings (SSSR count). The second-order valence-corrected chi connectivity index (χ2v) is 5.69. The summed E-state index contributed by atoms with van der Waals surface area (Å²) in [6.07, 6.45) is 0.691. The van der Waals surface area contributed by atoms with Gasteiger partial charge in [0.2, 0.25) is 0 Å². The zero-order chi connectivity index (χ0) is 14.6. The Morgan fingerprint density at radius 3 is 2.32 bits per heavy atom. The van der Waals surface area contributed by atoms with Gasteiger partial charge in [0.25, 0.3) is 0 Å². The Bertz CT molecular complexity index is 444. The molecule has 0 N–H and O–H groups in total. The van der Waals surface area contributed by atoms with Crippen LogP contribution in [0.15, 0.2) is 18.2 Å². The van der Waals surface area contributed by atoms with Crippen LogP contribution in [-0.4, -0.2) is 20.2 Å². The van der Waals surface area contributed by atoms with Crippen molar-refractivity contribution >= 4 is 5.97 Å². The highest BCUT2D eigenvalue weighted by molar-refractivity contribution is 5.79. The fourth-order valence-electron chi connectivity index (χ4n) is 2.13. The molecular weight excluding hydrogens is 240 g/mol. The van der Waals surface area contributed by atoms with Crippen molar-refractivity contribution in [1.82, 2.24) is 0 Å². The third-order valence-electron chi connectivity index (χ3n) is 3.37. The van der Waals surface area contributed by atoms with Gasteiger partial charge in [-0.3, -0.25) is 4.79 Å². The summed E-state index contributed by atoms with van der Waals surface area (Å²) in [7, 11) is 3.05. The second-order valence-electron chi connectivity index (χ2n) is 5.69. The summed E-state index contributed by atoms with van der Waals surface area (Å²) in [4.78, 5) is 11.9. The van der Waals surface area contributed by atoms with E-state index in [0.717, 1.165) is 11.3 Å². The van der Waals surface area contributed by atoms with Crippen LogP contribution in [0, 0.1) is 0 Å². The maximum atomic E-state index is 11.9. The summed E-state index contributed by atoms with van der Waals surface area (Å²) < 4.78 is 10.3. The quantitative estimate of drug-likeness (QED) is 0.779. The minimum Gasteiger partial charge on any atom is -0.496 e. The minimum absolute atomic E-state index is 0.0371. The summed E-state index contributed by atoms with van der Waals surface area (Å²) in [6.45, 7) is 8.43. The maximum absolute atomic E-state index is 11.9. The molecule has 1 aromatic rings. The molecule has 0 spiro atoms. The first-order valence-corrected chi connectivity index (χ1v) is 6.61. The number of methoxy groups -OCH3 is 2. The van der Waals surface area contributed by atoms with Gasteiger partial charge in [0, 0.05) is 5.56 Å². The number of ether oxygens (including phenoxy) is 2. The van der Waals surface area contributed by atoms with E-state index in [1.807, 2.05) is 19.1 Å². The number of hydrogen-bond acceptors (Lipinski definition) is 3. The number of benzene rings is 1. The summed E-state index contributed by atoms with van der Waals surface area (Å²) >= 11 is 0. The van der Waals surface area contributed by atoms with Crippen molar-refractivity contribution in [2.45, 2.75) is 45.4 Å². The smallest absolute Gasteiger partial charge is 0.313 e. The van der Waals surface area contributed by atoms with E-state index in [9.17, 15) is 4.79 Å². The molecule has 0 aliphatic carbocycles. The number of rotatable bonds is 4. The zero-order valence-corrected chi connectivity index (χ0v) is 12.7. The third kappa shape index (κ3) is 3.49. The molecule has 0 aliphatic rings. The van der Waals surface area contributed by atoms with E-state index in [2.05, 4.69) is 26.8 Å². The zero-order valence-electron chi connectivity index (χ0n) is 12.7. The lowest BCUT2D eigenvalue weighted by Gasteiger charge is -2.23. The molecule has 0 heterocycles. The van der Waals surface area contributed by atoms with Gasteiger partial charge < -0.3 is 9.47 Å². The molecule has 1 atom stereocenters. The van der Waals surface area contributed by atoms with E-state index in [1.54, 1.807) is 7.11 Å². The normalized spacial score (nSPS) is 12.9. The molecule has 19 heavy (non-hydrogen) atoms. The van der Waals surface area contributed by atoms with E-state index in [1.165, 1.54) is 12.7 Å². The van der Waals surface area contributed by atoms with Crippen LogP contribution in [-0.2, 0) is 14.9 Å². The lowest BCUT2D eigenvalue weighted by Crippen LogP contribution is -2.17. The van der Waals surface area contributed by atoms with Gasteiger partial charge in [-0.2, -0.15) is 0 Å². The highest BCUT2D eigenvalue weighted by Gasteiger charge is 2.25. The van der Waals surface area contributed by atoms with Crippen LogP contribution >= 0.6 is 0 Å². The molecule has 3 heteroatoms. The van der Waals surface area contributed by atoms with Crippen molar-refractivity contribution in [2.24, 2.45) is 0 Å². The average molecular weight is 264 g/mol. The van der Waals surface area contributed by atoms with Crippen molar-refractivity contribution < 1.29 is 14.3 Å². The molecule has 0 aliphatic heterocycles. The molecule has 1 unspecified atom stereocenters. The SMILES string of the molecule is CCC(C(=O)OC)c1cc(C(C)(C)C)ccc1OC. The minimum atomic E-state index is -0.276. The molecule has 0 radical (unpaired) electrons. The van der Waals surface area contributed by atoms with Gasteiger partial charge in [0.05, 0.1) is 20.1 Å². The molecule has 0 bridgehead atoms. The highest BCUT2D eigenvalue weighted by atomic mass is 16.5. The molecule has 0 amide bonds. The van der Waals surface area contributed by atoms with E-state index in [0.29, 0.717) is 6.42 Å². The topological polar surface area (TPSA) is 35.5 Å². The number of esters is 1. The summed E-state index contributed by atoms with van der Waals surface area (Å²) in [5, 5.41) is 0. The summed E-state index contributed by atoms with van der Waals surface area (Å²) in [5.41, 5.74) is 2.13. The van der Waals surface area contributed by atoms with Gasteiger partial charge in [-0.25, -0.2) is 0 Å². The fourth-order valence-corrected chi connectivity index (χ4v) is 2.13. The van der Waals surface area contributed by atoms with E-state index >= 15 is 0 Å². The first-order valence-electron chi connectivity index (χ1n) is 6.61. The van der Waals surface area contributed by atoms with Crippen LogP contribution in [0.3, 0.4) is 0 Å². The molecule has 106 valence electrons. The molecular formula is C16H24O3. The van der Waals surface area contributed by atoms with Crippen molar-refractivity contribution in [3.05, 3.63) is 29.3 Å². The van der Waals surface area contributed by atoms with E-state index in [4.69, 9.17) is 9.47 Å². The molecule has 0 saturated heterocycles. The first-order chi connectivity index (χ1) is 8.85. The van der Waals surface area contributed by atoms with Crippen LogP contribution in [0.1, 0.15) is 51.2 Å². The lowest BCUT2D eigenvalue weighted by atomic mass is 9.83. The second kappa shape index (κ2) is 6.09. The first kappa shape index (κ1) is 15.5. The Balaban J connectivity index is 3.33. The van der Waals surface area contributed by atoms with Crippen LogP contribution in [0.4, 0.5) is 0 Å². The highest BCUT2D eigenvalue weighted by Crippen LogP contribution is 2.34. The van der Waals surface area contributed by atoms with Crippen LogP contribution in [0.2, 0.25) is 0 Å². The van der Waals surface area contributed by atoms with Crippen LogP contribution in [0.25, 0.3) is 0 Å². The third-order valence-corrected chi connectivity index (χ3v) is 3.37. The van der Waals surface area contributed by atoms with Gasteiger partial charge in [-0.15, -0.1) is 0 Å². The Kier molecular flexibility index (Phi) is 4.98. The summed E-state index contributed by atoms with van der Waals surface area (Å²) in [6, 6.07) is 6.04. The monoisotopic (exact) mass is 264 g/mol. The van der Waals surface area contributed by atoms with Gasteiger partial charge in [-0.1, -0.05) is 39.8 Å². The van der Waals surface area contributed by atoms with Gasteiger partial charge in [0.15, 0.2) is 0 Å². The van der Waals surface area contributed by atoms with Gasteiger partial charge in [0.1, 0.15) is 5.75 Å². The predicted molar refractivity (Wildman–Crippen MR) is 76.7 cm³/mol. The lowest BCUT2D eigenvalue weighted by molar-refractivity contribution is -0.142. The average Bonchev–Trinajstić information content (AvgIpc) is 2.38. The number of hydrogen-bond donors (Lipinski definition) is 0. The Hall–Kier alpha value is -1.51. The molecule has 1 aromatic carbocycles. The maximum Gasteiger partial charge on any atom is 0.313 e. The van der Waals surface area contributed by atoms with Crippen molar-refractivity contribution in [2.75, 3.05) is 14.2 Å². The Labute approximate surface area is 115 Å². The standard InChI is InChI=1S/C16H24O3/c1-7-12(15(17)19-6)13-10-11(16(2,3)4)8-9-14(13)18-5/h8-10,12H,7H2,1-6H3. The molecule has 3 nitrogen and oxygen atoms in total. The van der Waals surface area contributed by atoms with Crippen molar-refractivity contribution in [3.63, 3.8) is 0 Å². The van der Waals surface area contributed by atoms with Gasteiger partial charge in [-0.05, 0) is 23.5 Å². The van der Waals surface area contributed by atoms with Crippen molar-refractivity contribution in [1.29, 1.82) is 0 Å². The number of carbonyl (C=O) groups excluding carboxylic acids is 1. The Morgan fingerprint density at radius 2 is 1.89 bits per heavy atom. The van der Waals surface area contributed by atoms with Crippen LogP contribution < -0.4 is 4.74 Å². The van der Waals surface area contributed by atoms with Gasteiger partial charge >= 0.3 is 5.97 Å². The molecule has 0 fully saturated rings. The van der Waals surface area contributed by atoms with Crippen LogP contribution in [0.5, 0.6) is 5.75 Å². The van der Waals surface area contributed by atoms with E-state index in [-0.39, 0.29) is 17.3 Å². The Morgan fingerprint density at radius 1 is 1.26 bits per heavy atom. The number of carbonyl (C=O) groups is 1. The fraction of sp³-hybridized carbons (Fsp3) is 0.562.